The smallest absolute Gasteiger partial charge is 0.0594 e. The highest BCUT2D eigenvalue weighted by molar-refractivity contribution is 4.64. The summed E-state index contributed by atoms with van der Waals surface area (Å²) in [4.78, 5) is 0. The third kappa shape index (κ3) is 7.20. The van der Waals surface area contributed by atoms with Crippen molar-refractivity contribution in [1.29, 1.82) is 0 Å². The van der Waals surface area contributed by atoms with Crippen molar-refractivity contribution < 1.29 is 9.47 Å². The zero-order valence-electron chi connectivity index (χ0n) is 10.7. The number of hydrogen-bond acceptors (Lipinski definition) is 3. The van der Waals surface area contributed by atoms with Gasteiger partial charge in [-0.05, 0) is 25.8 Å². The van der Waals surface area contributed by atoms with E-state index in [9.17, 15) is 0 Å². The molecule has 1 aliphatic carbocycles. The van der Waals surface area contributed by atoms with Gasteiger partial charge in [-0.3, -0.25) is 0 Å². The first-order valence-electron chi connectivity index (χ1n) is 6.74. The van der Waals surface area contributed by atoms with Crippen molar-refractivity contribution in [3.63, 3.8) is 0 Å². The van der Waals surface area contributed by atoms with Crippen LogP contribution in [0, 0.1) is 0 Å². The first kappa shape index (κ1) is 13.9. The molecule has 0 aliphatic heterocycles. The van der Waals surface area contributed by atoms with Crippen LogP contribution in [0.5, 0.6) is 0 Å². The van der Waals surface area contributed by atoms with Gasteiger partial charge in [0.1, 0.15) is 0 Å². The summed E-state index contributed by atoms with van der Waals surface area (Å²) in [5, 5.41) is 3.37. The Balaban J connectivity index is 1.86. The fraction of sp³-hybridized carbons (Fsp3) is 1.00. The lowest BCUT2D eigenvalue weighted by Crippen LogP contribution is -2.24. The molecule has 3 nitrogen and oxygen atoms in total. The van der Waals surface area contributed by atoms with Crippen LogP contribution in [0.2, 0.25) is 0 Å². The average Bonchev–Trinajstić information content (AvgIpc) is 2.56. The minimum Gasteiger partial charge on any atom is -0.385 e. The van der Waals surface area contributed by atoms with Crippen molar-refractivity contribution in [3.05, 3.63) is 0 Å². The monoisotopic (exact) mass is 229 g/mol. The molecule has 96 valence electrons. The van der Waals surface area contributed by atoms with E-state index in [2.05, 4.69) is 5.32 Å². The molecule has 0 aromatic rings. The Kier molecular flexibility index (Phi) is 8.77. The number of hydrogen-bond donors (Lipinski definition) is 1. The Morgan fingerprint density at radius 1 is 1.00 bits per heavy atom. The van der Waals surface area contributed by atoms with Crippen LogP contribution < -0.4 is 5.32 Å². The number of methoxy groups -OCH3 is 1. The van der Waals surface area contributed by atoms with Gasteiger partial charge in [0.2, 0.25) is 0 Å². The van der Waals surface area contributed by atoms with Gasteiger partial charge >= 0.3 is 0 Å². The van der Waals surface area contributed by atoms with Crippen LogP contribution in [0.1, 0.15) is 44.9 Å². The van der Waals surface area contributed by atoms with Gasteiger partial charge < -0.3 is 14.8 Å². The Morgan fingerprint density at radius 2 is 1.75 bits per heavy atom. The van der Waals surface area contributed by atoms with Crippen molar-refractivity contribution >= 4 is 0 Å². The SMILES string of the molecule is COCCCNCCOC1CCCCCC1. The summed E-state index contributed by atoms with van der Waals surface area (Å²) in [6.07, 6.45) is 9.65. The van der Waals surface area contributed by atoms with Crippen LogP contribution in [-0.4, -0.2) is 39.5 Å². The number of rotatable bonds is 8. The van der Waals surface area contributed by atoms with Crippen molar-refractivity contribution in [2.24, 2.45) is 0 Å². The summed E-state index contributed by atoms with van der Waals surface area (Å²) in [6, 6.07) is 0. The first-order chi connectivity index (χ1) is 7.93. The van der Waals surface area contributed by atoms with E-state index in [-0.39, 0.29) is 0 Å². The molecule has 0 saturated heterocycles. The second-order valence-corrected chi connectivity index (χ2v) is 4.58. The Labute approximate surface area is 99.9 Å². The molecule has 0 atom stereocenters. The Morgan fingerprint density at radius 3 is 2.44 bits per heavy atom. The van der Waals surface area contributed by atoms with Crippen molar-refractivity contribution in [1.82, 2.24) is 5.32 Å². The molecule has 0 amide bonds. The fourth-order valence-electron chi connectivity index (χ4n) is 2.17. The molecule has 0 bridgehead atoms. The Bertz CT molecular complexity index is 145. The van der Waals surface area contributed by atoms with Gasteiger partial charge in [0.25, 0.3) is 0 Å². The molecule has 3 heteroatoms. The van der Waals surface area contributed by atoms with Crippen LogP contribution in [0.4, 0.5) is 0 Å². The van der Waals surface area contributed by atoms with Crippen molar-refractivity contribution in [2.75, 3.05) is 33.4 Å². The summed E-state index contributed by atoms with van der Waals surface area (Å²) in [5.74, 6) is 0. The van der Waals surface area contributed by atoms with E-state index in [0.717, 1.165) is 32.7 Å². The van der Waals surface area contributed by atoms with Gasteiger partial charge in [-0.25, -0.2) is 0 Å². The summed E-state index contributed by atoms with van der Waals surface area (Å²) >= 11 is 0. The maximum absolute atomic E-state index is 5.88. The predicted molar refractivity (Wildman–Crippen MR) is 66.8 cm³/mol. The van der Waals surface area contributed by atoms with Gasteiger partial charge in [0, 0.05) is 20.3 Å². The highest BCUT2D eigenvalue weighted by Gasteiger charge is 2.11. The second kappa shape index (κ2) is 10.1. The molecule has 1 aliphatic rings. The zero-order chi connectivity index (χ0) is 11.5. The molecule has 0 aromatic heterocycles. The normalized spacial score (nSPS) is 18.6. The molecular formula is C13H27NO2. The van der Waals surface area contributed by atoms with E-state index in [4.69, 9.17) is 9.47 Å². The third-order valence-electron chi connectivity index (χ3n) is 3.14. The molecule has 0 unspecified atom stereocenters. The number of ether oxygens (including phenoxy) is 2. The molecule has 1 fully saturated rings. The molecule has 1 N–H and O–H groups in total. The van der Waals surface area contributed by atoms with E-state index in [1.54, 1.807) is 7.11 Å². The lowest BCUT2D eigenvalue weighted by Gasteiger charge is -2.15. The molecule has 1 saturated carbocycles. The highest BCUT2D eigenvalue weighted by Crippen LogP contribution is 2.19. The summed E-state index contributed by atoms with van der Waals surface area (Å²) < 4.78 is 10.9. The maximum atomic E-state index is 5.88. The van der Waals surface area contributed by atoms with Crippen LogP contribution in [0.3, 0.4) is 0 Å². The van der Waals surface area contributed by atoms with Crippen LogP contribution in [0.25, 0.3) is 0 Å². The molecule has 16 heavy (non-hydrogen) atoms. The minimum absolute atomic E-state index is 0.531. The van der Waals surface area contributed by atoms with Crippen LogP contribution in [0.15, 0.2) is 0 Å². The average molecular weight is 229 g/mol. The molecule has 0 radical (unpaired) electrons. The standard InChI is InChI=1S/C13H27NO2/c1-15-11-6-9-14-10-12-16-13-7-4-2-3-5-8-13/h13-14H,2-12H2,1H3. The quantitative estimate of drug-likeness (QED) is 0.512. The number of nitrogens with one attached hydrogen (secondary N) is 1. The van der Waals surface area contributed by atoms with Gasteiger partial charge in [-0.1, -0.05) is 25.7 Å². The van der Waals surface area contributed by atoms with E-state index in [0.29, 0.717) is 6.10 Å². The van der Waals surface area contributed by atoms with Gasteiger partial charge in [-0.15, -0.1) is 0 Å². The van der Waals surface area contributed by atoms with Crippen LogP contribution >= 0.6 is 0 Å². The topological polar surface area (TPSA) is 30.5 Å². The molecule has 0 aromatic carbocycles. The molecule has 0 heterocycles. The van der Waals surface area contributed by atoms with Crippen molar-refractivity contribution in [3.8, 4) is 0 Å². The molecule has 0 spiro atoms. The first-order valence-corrected chi connectivity index (χ1v) is 6.74. The van der Waals surface area contributed by atoms with E-state index in [1.807, 2.05) is 0 Å². The molecular weight excluding hydrogens is 202 g/mol. The highest BCUT2D eigenvalue weighted by atomic mass is 16.5. The van der Waals surface area contributed by atoms with Crippen molar-refractivity contribution in [2.45, 2.75) is 51.0 Å². The van der Waals surface area contributed by atoms with Gasteiger partial charge in [0.05, 0.1) is 12.7 Å². The summed E-state index contributed by atoms with van der Waals surface area (Å²) in [5.41, 5.74) is 0. The maximum Gasteiger partial charge on any atom is 0.0594 e. The van der Waals surface area contributed by atoms with E-state index in [1.165, 1.54) is 38.5 Å². The zero-order valence-corrected chi connectivity index (χ0v) is 10.7. The van der Waals surface area contributed by atoms with Gasteiger partial charge in [-0.2, -0.15) is 0 Å². The van der Waals surface area contributed by atoms with E-state index >= 15 is 0 Å². The summed E-state index contributed by atoms with van der Waals surface area (Å²) in [7, 11) is 1.75. The van der Waals surface area contributed by atoms with E-state index < -0.39 is 0 Å². The summed E-state index contributed by atoms with van der Waals surface area (Å²) in [6.45, 7) is 3.70. The molecule has 1 rings (SSSR count). The lowest BCUT2D eigenvalue weighted by atomic mass is 10.1. The Hall–Kier alpha value is -0.120. The van der Waals surface area contributed by atoms with Crippen LogP contribution in [-0.2, 0) is 9.47 Å². The lowest BCUT2D eigenvalue weighted by molar-refractivity contribution is 0.0450. The largest absolute Gasteiger partial charge is 0.385 e. The third-order valence-corrected chi connectivity index (χ3v) is 3.14. The minimum atomic E-state index is 0.531. The second-order valence-electron chi connectivity index (χ2n) is 4.58. The fourth-order valence-corrected chi connectivity index (χ4v) is 2.17. The van der Waals surface area contributed by atoms with Gasteiger partial charge in [0.15, 0.2) is 0 Å². The predicted octanol–water partition coefficient (Wildman–Crippen LogP) is 2.35.